The number of hydrogen-bond donors (Lipinski definition) is 2. The minimum atomic E-state index is -0.336. The van der Waals surface area contributed by atoms with Crippen LogP contribution >= 0.6 is 0 Å². The Bertz CT molecular complexity index is 980. The third kappa shape index (κ3) is 5.06. The number of aryl methyl sites for hydroxylation is 1. The van der Waals surface area contributed by atoms with Gasteiger partial charge < -0.3 is 20.3 Å². The number of anilines is 1. The zero-order chi connectivity index (χ0) is 22.7. The second-order valence-electron chi connectivity index (χ2n) is 9.44. The number of rotatable bonds is 4. The van der Waals surface area contributed by atoms with Crippen molar-refractivity contribution in [1.82, 2.24) is 10.2 Å². The number of carbonyl (C=O) groups excluding carboxylic acids is 2. The fourth-order valence-corrected chi connectivity index (χ4v) is 4.88. The number of nitrogens with one attached hydrogen (secondary N) is 2. The lowest BCUT2D eigenvalue weighted by molar-refractivity contribution is -0.122. The van der Waals surface area contributed by atoms with Gasteiger partial charge in [-0.15, -0.1) is 0 Å². The maximum absolute atomic E-state index is 12.8. The molecular weight excluding hydrogens is 402 g/mol. The molecule has 1 saturated heterocycles. The van der Waals surface area contributed by atoms with E-state index in [0.29, 0.717) is 19.5 Å². The summed E-state index contributed by atoms with van der Waals surface area (Å²) in [7, 11) is 0. The van der Waals surface area contributed by atoms with Gasteiger partial charge in [0.25, 0.3) is 0 Å². The molecule has 2 aliphatic rings. The monoisotopic (exact) mass is 435 g/mol. The summed E-state index contributed by atoms with van der Waals surface area (Å²) in [6.45, 7) is 7.23. The lowest BCUT2D eigenvalue weighted by atomic mass is 9.76. The number of para-hydroxylation sites is 1. The number of piperidine rings is 1. The molecule has 2 heterocycles. The lowest BCUT2D eigenvalue weighted by Crippen LogP contribution is -2.52. The van der Waals surface area contributed by atoms with E-state index in [9.17, 15) is 9.59 Å². The summed E-state index contributed by atoms with van der Waals surface area (Å²) in [6.07, 6.45) is 2.76. The maximum atomic E-state index is 12.8. The average Bonchev–Trinajstić information content (AvgIpc) is 2.73. The van der Waals surface area contributed by atoms with E-state index in [2.05, 4.69) is 16.7 Å². The summed E-state index contributed by atoms with van der Waals surface area (Å²) >= 11 is 0. The molecule has 32 heavy (non-hydrogen) atoms. The van der Waals surface area contributed by atoms with Gasteiger partial charge in [-0.05, 0) is 56.5 Å². The molecule has 170 valence electrons. The summed E-state index contributed by atoms with van der Waals surface area (Å²) < 4.78 is 6.53. The van der Waals surface area contributed by atoms with Crippen molar-refractivity contribution in [3.05, 3.63) is 59.7 Å². The average molecular weight is 436 g/mol. The quantitative estimate of drug-likeness (QED) is 0.722. The summed E-state index contributed by atoms with van der Waals surface area (Å²) in [5, 5.41) is 6.03. The molecule has 6 nitrogen and oxygen atoms in total. The van der Waals surface area contributed by atoms with Crippen LogP contribution in [0.25, 0.3) is 0 Å². The molecule has 0 radical (unpaired) electrons. The molecule has 4 rings (SSSR count). The Morgan fingerprint density at radius 1 is 1.12 bits per heavy atom. The highest BCUT2D eigenvalue weighted by Crippen LogP contribution is 2.46. The van der Waals surface area contributed by atoms with Crippen LogP contribution in [0.2, 0.25) is 0 Å². The molecule has 0 bridgehead atoms. The maximum Gasteiger partial charge on any atom is 0.321 e. The second-order valence-corrected chi connectivity index (χ2v) is 9.44. The van der Waals surface area contributed by atoms with Gasteiger partial charge in [-0.2, -0.15) is 0 Å². The third-order valence-corrected chi connectivity index (χ3v) is 6.42. The Hall–Kier alpha value is -3.02. The first-order valence-corrected chi connectivity index (χ1v) is 11.5. The largest absolute Gasteiger partial charge is 0.487 e. The van der Waals surface area contributed by atoms with Crippen molar-refractivity contribution in [3.8, 4) is 5.75 Å². The predicted octanol–water partition coefficient (Wildman–Crippen LogP) is 4.84. The standard InChI is InChI=1S/C26H33N3O3/c1-18(2)27-24(30)16-20-17-26(32-23-10-5-4-9-22(20)23)11-13-29(14-12-26)25(31)28-21-8-6-7-19(3)15-21/h4-10,15,18,20H,11-14,16-17H2,1-3H3,(H,27,30)(H,28,31). The second kappa shape index (κ2) is 9.23. The molecule has 0 aliphatic carbocycles. The summed E-state index contributed by atoms with van der Waals surface area (Å²) in [4.78, 5) is 27.2. The van der Waals surface area contributed by atoms with Crippen molar-refractivity contribution >= 4 is 17.6 Å². The number of likely N-dealkylation sites (tertiary alicyclic amines) is 1. The first kappa shape index (κ1) is 22.2. The van der Waals surface area contributed by atoms with Crippen molar-refractivity contribution < 1.29 is 14.3 Å². The predicted molar refractivity (Wildman–Crippen MR) is 126 cm³/mol. The summed E-state index contributed by atoms with van der Waals surface area (Å²) in [6, 6.07) is 15.9. The molecule has 2 aromatic carbocycles. The molecule has 1 spiro atoms. The molecule has 1 fully saturated rings. The summed E-state index contributed by atoms with van der Waals surface area (Å²) in [5.41, 5.74) is 2.70. The van der Waals surface area contributed by atoms with Crippen molar-refractivity contribution in [1.29, 1.82) is 0 Å². The first-order chi connectivity index (χ1) is 15.3. The molecule has 3 amide bonds. The molecule has 0 aromatic heterocycles. The SMILES string of the molecule is Cc1cccc(NC(=O)N2CCC3(CC2)CC(CC(=O)NC(C)C)c2ccccc2O3)c1. The highest BCUT2D eigenvalue weighted by molar-refractivity contribution is 5.89. The zero-order valence-corrected chi connectivity index (χ0v) is 19.2. The van der Waals surface area contributed by atoms with Crippen molar-refractivity contribution in [3.63, 3.8) is 0 Å². The number of amides is 3. The normalized spacial score (nSPS) is 19.2. The van der Waals surface area contributed by atoms with Gasteiger partial charge in [-0.1, -0.05) is 30.3 Å². The van der Waals surface area contributed by atoms with Crippen LogP contribution in [0, 0.1) is 6.92 Å². The van der Waals surface area contributed by atoms with E-state index in [1.807, 2.05) is 68.1 Å². The Morgan fingerprint density at radius 3 is 2.59 bits per heavy atom. The van der Waals surface area contributed by atoms with Crippen LogP contribution in [-0.2, 0) is 4.79 Å². The molecule has 2 N–H and O–H groups in total. The molecule has 2 aromatic rings. The van der Waals surface area contributed by atoms with Crippen molar-refractivity contribution in [2.45, 2.75) is 64.0 Å². The minimum Gasteiger partial charge on any atom is -0.487 e. The van der Waals surface area contributed by atoms with Crippen molar-refractivity contribution in [2.75, 3.05) is 18.4 Å². The number of fused-ring (bicyclic) bond motifs is 1. The fraction of sp³-hybridized carbons (Fsp3) is 0.462. The van der Waals surface area contributed by atoms with Crippen LogP contribution in [0.4, 0.5) is 10.5 Å². The van der Waals surface area contributed by atoms with E-state index in [4.69, 9.17) is 4.74 Å². The minimum absolute atomic E-state index is 0.0745. The van der Waals surface area contributed by atoms with Crippen LogP contribution < -0.4 is 15.4 Å². The van der Waals surface area contributed by atoms with Gasteiger partial charge in [0.2, 0.25) is 5.91 Å². The Labute approximate surface area is 190 Å². The van der Waals surface area contributed by atoms with Crippen LogP contribution in [0.15, 0.2) is 48.5 Å². The number of benzene rings is 2. The Balaban J connectivity index is 1.43. The molecule has 1 atom stereocenters. The number of ether oxygens (including phenoxy) is 1. The van der Waals surface area contributed by atoms with Crippen LogP contribution in [-0.4, -0.2) is 41.6 Å². The van der Waals surface area contributed by atoms with E-state index in [0.717, 1.165) is 41.8 Å². The molecule has 0 saturated carbocycles. The van der Waals surface area contributed by atoms with E-state index in [1.165, 1.54) is 0 Å². The number of carbonyl (C=O) groups is 2. The number of nitrogens with zero attached hydrogens (tertiary/aromatic N) is 1. The van der Waals surface area contributed by atoms with E-state index in [-0.39, 0.29) is 29.5 Å². The van der Waals surface area contributed by atoms with Gasteiger partial charge in [0.1, 0.15) is 11.4 Å². The smallest absolute Gasteiger partial charge is 0.321 e. The van der Waals surface area contributed by atoms with E-state index >= 15 is 0 Å². The summed E-state index contributed by atoms with van der Waals surface area (Å²) in [5.74, 6) is 1.07. The van der Waals surface area contributed by atoms with Gasteiger partial charge in [-0.25, -0.2) is 4.79 Å². The topological polar surface area (TPSA) is 70.7 Å². The molecule has 1 unspecified atom stereocenters. The van der Waals surface area contributed by atoms with Crippen LogP contribution in [0.1, 0.15) is 56.6 Å². The van der Waals surface area contributed by atoms with Gasteiger partial charge in [0, 0.05) is 50.0 Å². The van der Waals surface area contributed by atoms with Gasteiger partial charge >= 0.3 is 6.03 Å². The van der Waals surface area contributed by atoms with Crippen LogP contribution in [0.3, 0.4) is 0 Å². The highest BCUT2D eigenvalue weighted by Gasteiger charge is 2.44. The highest BCUT2D eigenvalue weighted by atomic mass is 16.5. The van der Waals surface area contributed by atoms with Crippen molar-refractivity contribution in [2.24, 2.45) is 0 Å². The third-order valence-electron chi connectivity index (χ3n) is 6.42. The molecular formula is C26H33N3O3. The fourth-order valence-electron chi connectivity index (χ4n) is 4.88. The van der Waals surface area contributed by atoms with Gasteiger partial charge in [0.05, 0.1) is 0 Å². The van der Waals surface area contributed by atoms with E-state index < -0.39 is 0 Å². The number of hydrogen-bond acceptors (Lipinski definition) is 3. The lowest BCUT2D eigenvalue weighted by Gasteiger charge is -2.46. The van der Waals surface area contributed by atoms with Crippen LogP contribution in [0.5, 0.6) is 5.75 Å². The van der Waals surface area contributed by atoms with Gasteiger partial charge in [0.15, 0.2) is 0 Å². The van der Waals surface area contributed by atoms with E-state index in [1.54, 1.807) is 0 Å². The van der Waals surface area contributed by atoms with Gasteiger partial charge in [-0.3, -0.25) is 4.79 Å². The number of urea groups is 1. The molecule has 6 heteroatoms. The zero-order valence-electron chi connectivity index (χ0n) is 19.2. The molecule has 2 aliphatic heterocycles. The Morgan fingerprint density at radius 2 is 1.88 bits per heavy atom. The first-order valence-electron chi connectivity index (χ1n) is 11.5. The Kier molecular flexibility index (Phi) is 6.40.